The van der Waals surface area contributed by atoms with Crippen LogP contribution in [0, 0.1) is 6.92 Å². The van der Waals surface area contributed by atoms with Gasteiger partial charge < -0.3 is 4.84 Å². The number of hydrogen-bond acceptors (Lipinski definition) is 2. The van der Waals surface area contributed by atoms with Crippen molar-refractivity contribution < 1.29 is 4.84 Å². The van der Waals surface area contributed by atoms with Crippen molar-refractivity contribution in [2.45, 2.75) is 6.92 Å². The molecule has 0 radical (unpaired) electrons. The van der Waals surface area contributed by atoms with Gasteiger partial charge in [-0.15, -0.1) is 0 Å². The van der Waals surface area contributed by atoms with Crippen molar-refractivity contribution in [1.29, 1.82) is 0 Å². The fourth-order valence-electron chi connectivity index (χ4n) is 1.38. The molecule has 0 aliphatic heterocycles. The third-order valence-electron chi connectivity index (χ3n) is 2.27. The standard InChI is InChI=1S/C14H11Cl2NO/c1-10-2-4-11(5-3-10)9-17-18-14-7-12(15)6-13(16)8-14/h2-9H,1H3/b17-9+. The summed E-state index contributed by atoms with van der Waals surface area (Å²) < 4.78 is 0. The molecule has 0 unspecified atom stereocenters. The van der Waals surface area contributed by atoms with Crippen molar-refractivity contribution in [2.75, 3.05) is 0 Å². The Morgan fingerprint density at radius 1 is 1.00 bits per heavy atom. The molecule has 4 heteroatoms. The van der Waals surface area contributed by atoms with Crippen LogP contribution in [0.2, 0.25) is 10.0 Å². The van der Waals surface area contributed by atoms with Crippen LogP contribution in [-0.2, 0) is 0 Å². The molecule has 0 aliphatic carbocycles. The van der Waals surface area contributed by atoms with Crippen LogP contribution in [-0.4, -0.2) is 6.21 Å². The summed E-state index contributed by atoms with van der Waals surface area (Å²) in [5.74, 6) is 0.510. The Labute approximate surface area is 116 Å². The van der Waals surface area contributed by atoms with Gasteiger partial charge in [0.2, 0.25) is 0 Å². The molecular weight excluding hydrogens is 269 g/mol. The van der Waals surface area contributed by atoms with E-state index in [1.165, 1.54) is 5.56 Å². The van der Waals surface area contributed by atoms with Crippen LogP contribution in [0.25, 0.3) is 0 Å². The minimum atomic E-state index is 0.510. The molecule has 18 heavy (non-hydrogen) atoms. The highest BCUT2D eigenvalue weighted by atomic mass is 35.5. The molecule has 0 bridgehead atoms. The molecule has 2 aromatic carbocycles. The Bertz CT molecular complexity index is 544. The summed E-state index contributed by atoms with van der Waals surface area (Å²) in [6.45, 7) is 2.03. The predicted molar refractivity (Wildman–Crippen MR) is 75.9 cm³/mol. The lowest BCUT2D eigenvalue weighted by molar-refractivity contribution is 0.344. The Hall–Kier alpha value is -1.51. The van der Waals surface area contributed by atoms with E-state index in [1.807, 2.05) is 31.2 Å². The van der Waals surface area contributed by atoms with E-state index in [1.54, 1.807) is 24.4 Å². The second-order valence-electron chi connectivity index (χ2n) is 3.84. The molecule has 2 nitrogen and oxygen atoms in total. The number of aryl methyl sites for hydroxylation is 1. The lowest BCUT2D eigenvalue weighted by Gasteiger charge is -2.00. The smallest absolute Gasteiger partial charge is 0.160 e. The third-order valence-corrected chi connectivity index (χ3v) is 2.71. The van der Waals surface area contributed by atoms with Crippen LogP contribution >= 0.6 is 23.2 Å². The molecule has 0 N–H and O–H groups in total. The van der Waals surface area contributed by atoms with Gasteiger partial charge in [0.25, 0.3) is 0 Å². The van der Waals surface area contributed by atoms with E-state index in [0.29, 0.717) is 15.8 Å². The Balaban J connectivity index is 2.04. The van der Waals surface area contributed by atoms with Crippen LogP contribution < -0.4 is 4.84 Å². The Morgan fingerprint density at radius 2 is 1.61 bits per heavy atom. The summed E-state index contributed by atoms with van der Waals surface area (Å²) in [4.78, 5) is 5.20. The quantitative estimate of drug-likeness (QED) is 0.589. The summed E-state index contributed by atoms with van der Waals surface area (Å²) in [6, 6.07) is 12.9. The van der Waals surface area contributed by atoms with Gasteiger partial charge in [-0.05, 0) is 18.6 Å². The van der Waals surface area contributed by atoms with E-state index in [-0.39, 0.29) is 0 Å². The monoisotopic (exact) mass is 279 g/mol. The van der Waals surface area contributed by atoms with Gasteiger partial charge in [0.15, 0.2) is 5.75 Å². The maximum absolute atomic E-state index is 5.85. The van der Waals surface area contributed by atoms with E-state index in [2.05, 4.69) is 5.16 Å². The summed E-state index contributed by atoms with van der Waals surface area (Å²) in [6.07, 6.45) is 1.63. The van der Waals surface area contributed by atoms with E-state index in [9.17, 15) is 0 Å². The van der Waals surface area contributed by atoms with E-state index in [0.717, 1.165) is 5.56 Å². The molecule has 0 fully saturated rings. The van der Waals surface area contributed by atoms with Crippen molar-refractivity contribution >= 4 is 29.4 Å². The molecule has 0 aliphatic rings. The van der Waals surface area contributed by atoms with Crippen LogP contribution in [0.5, 0.6) is 5.75 Å². The molecule has 0 saturated heterocycles. The zero-order valence-corrected chi connectivity index (χ0v) is 11.2. The molecule has 0 atom stereocenters. The fraction of sp³-hybridized carbons (Fsp3) is 0.0714. The summed E-state index contributed by atoms with van der Waals surface area (Å²) in [7, 11) is 0. The highest BCUT2D eigenvalue weighted by Gasteiger charge is 1.98. The van der Waals surface area contributed by atoms with Gasteiger partial charge in [-0.1, -0.05) is 58.2 Å². The molecule has 0 heterocycles. The van der Waals surface area contributed by atoms with Crippen LogP contribution in [0.1, 0.15) is 11.1 Å². The maximum atomic E-state index is 5.85. The number of benzene rings is 2. The second-order valence-corrected chi connectivity index (χ2v) is 4.71. The van der Waals surface area contributed by atoms with Gasteiger partial charge in [-0.3, -0.25) is 0 Å². The fourth-order valence-corrected chi connectivity index (χ4v) is 1.89. The Kier molecular flexibility index (Phi) is 4.24. The SMILES string of the molecule is Cc1ccc(/C=N/Oc2cc(Cl)cc(Cl)c2)cc1. The first-order chi connectivity index (χ1) is 8.63. The first kappa shape index (κ1) is 12.9. The van der Waals surface area contributed by atoms with Crippen LogP contribution in [0.15, 0.2) is 47.6 Å². The van der Waals surface area contributed by atoms with Crippen molar-refractivity contribution in [3.05, 3.63) is 63.6 Å². The van der Waals surface area contributed by atoms with E-state index < -0.39 is 0 Å². The summed E-state index contributed by atoms with van der Waals surface area (Å²) in [5.41, 5.74) is 2.17. The van der Waals surface area contributed by atoms with Gasteiger partial charge in [-0.2, -0.15) is 0 Å². The van der Waals surface area contributed by atoms with Crippen molar-refractivity contribution in [3.8, 4) is 5.75 Å². The van der Waals surface area contributed by atoms with Crippen molar-refractivity contribution in [3.63, 3.8) is 0 Å². The minimum Gasteiger partial charge on any atom is -0.357 e. The third kappa shape index (κ3) is 3.76. The number of oxime groups is 1. The topological polar surface area (TPSA) is 21.6 Å². The van der Waals surface area contributed by atoms with E-state index in [4.69, 9.17) is 28.0 Å². The molecular formula is C14H11Cl2NO. The molecule has 2 rings (SSSR count). The largest absolute Gasteiger partial charge is 0.357 e. The number of hydrogen-bond donors (Lipinski definition) is 0. The lowest BCUT2D eigenvalue weighted by atomic mass is 10.2. The maximum Gasteiger partial charge on any atom is 0.160 e. The summed E-state index contributed by atoms with van der Waals surface area (Å²) in [5, 5.41) is 4.91. The van der Waals surface area contributed by atoms with Gasteiger partial charge in [-0.25, -0.2) is 0 Å². The Morgan fingerprint density at radius 3 is 2.22 bits per heavy atom. The number of halogens is 2. The zero-order valence-electron chi connectivity index (χ0n) is 9.73. The number of nitrogens with zero attached hydrogens (tertiary/aromatic N) is 1. The molecule has 0 amide bonds. The second kappa shape index (κ2) is 5.89. The first-order valence-corrected chi connectivity index (χ1v) is 6.12. The number of rotatable bonds is 3. The molecule has 0 spiro atoms. The normalized spacial score (nSPS) is 10.8. The molecule has 92 valence electrons. The average molecular weight is 280 g/mol. The predicted octanol–water partition coefficient (Wildman–Crippen LogP) is 4.71. The summed E-state index contributed by atoms with van der Waals surface area (Å²) >= 11 is 11.7. The lowest BCUT2D eigenvalue weighted by Crippen LogP contribution is -1.87. The molecule has 2 aromatic rings. The van der Waals surface area contributed by atoms with Gasteiger partial charge >= 0.3 is 0 Å². The van der Waals surface area contributed by atoms with Crippen LogP contribution in [0.3, 0.4) is 0 Å². The van der Waals surface area contributed by atoms with Crippen molar-refractivity contribution in [1.82, 2.24) is 0 Å². The van der Waals surface area contributed by atoms with Crippen molar-refractivity contribution in [2.24, 2.45) is 5.16 Å². The molecule has 0 saturated carbocycles. The van der Waals surface area contributed by atoms with Gasteiger partial charge in [0.1, 0.15) is 0 Å². The average Bonchev–Trinajstić information content (AvgIpc) is 2.30. The first-order valence-electron chi connectivity index (χ1n) is 5.36. The van der Waals surface area contributed by atoms with Gasteiger partial charge in [0.05, 0.1) is 6.21 Å². The highest BCUT2D eigenvalue weighted by Crippen LogP contribution is 2.24. The molecule has 0 aromatic heterocycles. The van der Waals surface area contributed by atoms with Crippen LogP contribution in [0.4, 0.5) is 0 Å². The van der Waals surface area contributed by atoms with E-state index >= 15 is 0 Å². The highest BCUT2D eigenvalue weighted by molar-refractivity contribution is 6.34. The minimum absolute atomic E-state index is 0.510. The van der Waals surface area contributed by atoms with Gasteiger partial charge in [0, 0.05) is 22.2 Å². The zero-order chi connectivity index (χ0) is 13.0.